The SMILES string of the molecule is CC/C=C\C/C=C\C/C=C\C/C=C\C/C=C\C/C=C\C/C=C\C/C=C\C/C=C\CCCCCCCC(=O)OCC(COC(=O)CCCCCCCCC)OC(=O)CCCCCCCCCCCCCCCCCC. The van der Waals surface area contributed by atoms with Gasteiger partial charge in [0.15, 0.2) is 6.10 Å². The Labute approximate surface area is 457 Å². The van der Waals surface area contributed by atoms with Gasteiger partial charge in [-0.05, 0) is 89.9 Å². The highest BCUT2D eigenvalue weighted by Crippen LogP contribution is 2.16. The standard InChI is InChI=1S/C68H114O6/c1-4-7-10-13-16-18-20-22-24-26-27-28-29-30-31-32-33-34-35-36-37-38-39-40-41-42-44-45-47-49-52-55-58-61-67(70)73-64-65(63-72-66(69)60-57-54-51-15-12-9-6-3)74-68(71)62-59-56-53-50-48-46-43-25-23-21-19-17-14-11-8-5-2/h7,10,16,18,22,24,27-28,30-31,33-34,36-37,39-40,42,44,65H,4-6,8-9,11-15,17,19-21,23,25-26,29,32,35,38,41,43,45-64H2,1-3H3/b10-7-,18-16-,24-22-,28-27-,31-30-,34-33-,37-36-,40-39-,44-42-. The monoisotopic (exact) mass is 1030 g/mol. The molecule has 74 heavy (non-hydrogen) atoms. The van der Waals surface area contributed by atoms with E-state index in [1.54, 1.807) is 0 Å². The van der Waals surface area contributed by atoms with Crippen molar-refractivity contribution in [3.63, 3.8) is 0 Å². The minimum atomic E-state index is -0.782. The van der Waals surface area contributed by atoms with Crippen LogP contribution in [0.4, 0.5) is 0 Å². The molecule has 0 bridgehead atoms. The highest BCUT2D eigenvalue weighted by atomic mass is 16.6. The molecule has 0 rings (SSSR count). The van der Waals surface area contributed by atoms with Gasteiger partial charge in [0.25, 0.3) is 0 Å². The summed E-state index contributed by atoms with van der Waals surface area (Å²) in [6, 6.07) is 0. The lowest BCUT2D eigenvalue weighted by molar-refractivity contribution is -0.167. The van der Waals surface area contributed by atoms with Crippen LogP contribution in [0.1, 0.15) is 284 Å². The molecular formula is C68H114O6. The maximum Gasteiger partial charge on any atom is 0.306 e. The van der Waals surface area contributed by atoms with Crippen LogP contribution in [0.2, 0.25) is 0 Å². The fraction of sp³-hybridized carbons (Fsp3) is 0.691. The summed E-state index contributed by atoms with van der Waals surface area (Å²) in [5.41, 5.74) is 0. The Morgan fingerprint density at radius 2 is 0.527 bits per heavy atom. The van der Waals surface area contributed by atoms with Crippen molar-refractivity contribution in [3.8, 4) is 0 Å². The van der Waals surface area contributed by atoms with E-state index >= 15 is 0 Å². The van der Waals surface area contributed by atoms with Gasteiger partial charge in [-0.2, -0.15) is 0 Å². The molecule has 0 fully saturated rings. The largest absolute Gasteiger partial charge is 0.462 e. The second-order valence-electron chi connectivity index (χ2n) is 20.2. The number of hydrogen-bond acceptors (Lipinski definition) is 6. The fourth-order valence-corrected chi connectivity index (χ4v) is 8.44. The second-order valence-corrected chi connectivity index (χ2v) is 20.2. The van der Waals surface area contributed by atoms with Crippen molar-refractivity contribution in [1.82, 2.24) is 0 Å². The lowest BCUT2D eigenvalue weighted by atomic mass is 10.0. The normalized spacial score (nSPS) is 12.9. The van der Waals surface area contributed by atoms with Crippen molar-refractivity contribution in [2.75, 3.05) is 13.2 Å². The highest BCUT2D eigenvalue weighted by molar-refractivity contribution is 5.71. The Morgan fingerprint density at radius 1 is 0.284 bits per heavy atom. The molecule has 1 atom stereocenters. The number of hydrogen-bond donors (Lipinski definition) is 0. The van der Waals surface area contributed by atoms with Crippen molar-refractivity contribution in [2.45, 2.75) is 290 Å². The lowest BCUT2D eigenvalue weighted by Crippen LogP contribution is -2.30. The Morgan fingerprint density at radius 3 is 0.824 bits per heavy atom. The van der Waals surface area contributed by atoms with Gasteiger partial charge in [0.2, 0.25) is 0 Å². The van der Waals surface area contributed by atoms with Gasteiger partial charge in [0.05, 0.1) is 0 Å². The third-order valence-corrected chi connectivity index (χ3v) is 13.0. The number of carbonyl (C=O) groups excluding carboxylic acids is 3. The molecule has 0 amide bonds. The third-order valence-electron chi connectivity index (χ3n) is 13.0. The van der Waals surface area contributed by atoms with Crippen molar-refractivity contribution in [2.24, 2.45) is 0 Å². The number of unbranched alkanes of at least 4 members (excludes halogenated alkanes) is 26. The summed E-state index contributed by atoms with van der Waals surface area (Å²) >= 11 is 0. The van der Waals surface area contributed by atoms with Crippen molar-refractivity contribution in [3.05, 3.63) is 109 Å². The van der Waals surface area contributed by atoms with Crippen LogP contribution in [0.25, 0.3) is 0 Å². The van der Waals surface area contributed by atoms with E-state index in [1.165, 1.54) is 109 Å². The summed E-state index contributed by atoms with van der Waals surface area (Å²) < 4.78 is 16.8. The quantitative estimate of drug-likeness (QED) is 0.0261. The minimum Gasteiger partial charge on any atom is -0.462 e. The summed E-state index contributed by atoms with van der Waals surface area (Å²) in [6.07, 6.45) is 84.0. The first kappa shape index (κ1) is 70.1. The zero-order chi connectivity index (χ0) is 53.6. The zero-order valence-corrected chi connectivity index (χ0v) is 48.3. The second kappa shape index (κ2) is 61.6. The van der Waals surface area contributed by atoms with Gasteiger partial charge in [-0.3, -0.25) is 14.4 Å². The molecule has 0 aromatic heterocycles. The summed E-state index contributed by atoms with van der Waals surface area (Å²) in [7, 11) is 0. The first-order valence-electron chi connectivity index (χ1n) is 30.9. The average Bonchev–Trinajstić information content (AvgIpc) is 3.40. The molecule has 6 nitrogen and oxygen atoms in total. The summed E-state index contributed by atoms with van der Waals surface area (Å²) in [6.45, 7) is 6.48. The summed E-state index contributed by atoms with van der Waals surface area (Å²) in [4.78, 5) is 38.0. The lowest BCUT2D eigenvalue weighted by Gasteiger charge is -2.18. The van der Waals surface area contributed by atoms with E-state index in [9.17, 15) is 14.4 Å². The molecule has 0 spiro atoms. The predicted octanol–water partition coefficient (Wildman–Crippen LogP) is 21.0. The number of carbonyl (C=O) groups is 3. The van der Waals surface area contributed by atoms with Gasteiger partial charge in [0.1, 0.15) is 13.2 Å². The van der Waals surface area contributed by atoms with Crippen LogP contribution < -0.4 is 0 Å². The molecular weight excluding hydrogens is 913 g/mol. The van der Waals surface area contributed by atoms with Crippen LogP contribution in [0.15, 0.2) is 109 Å². The molecule has 0 aromatic rings. The predicted molar refractivity (Wildman–Crippen MR) is 320 cm³/mol. The van der Waals surface area contributed by atoms with Gasteiger partial charge in [-0.25, -0.2) is 0 Å². The van der Waals surface area contributed by atoms with E-state index in [2.05, 4.69) is 130 Å². The topological polar surface area (TPSA) is 78.9 Å². The molecule has 1 unspecified atom stereocenters. The van der Waals surface area contributed by atoms with Gasteiger partial charge in [-0.1, -0.05) is 284 Å². The van der Waals surface area contributed by atoms with Gasteiger partial charge in [-0.15, -0.1) is 0 Å². The number of allylic oxidation sites excluding steroid dienone is 18. The smallest absolute Gasteiger partial charge is 0.306 e. The van der Waals surface area contributed by atoms with Crippen LogP contribution >= 0.6 is 0 Å². The molecule has 0 N–H and O–H groups in total. The molecule has 0 aliphatic rings. The average molecular weight is 1030 g/mol. The minimum absolute atomic E-state index is 0.0816. The van der Waals surface area contributed by atoms with Crippen LogP contribution in [0, 0.1) is 0 Å². The van der Waals surface area contributed by atoms with Crippen LogP contribution in [0.5, 0.6) is 0 Å². The van der Waals surface area contributed by atoms with Crippen molar-refractivity contribution >= 4 is 17.9 Å². The van der Waals surface area contributed by atoms with Crippen molar-refractivity contribution < 1.29 is 28.6 Å². The van der Waals surface area contributed by atoms with E-state index in [-0.39, 0.29) is 31.1 Å². The molecule has 0 heterocycles. The maximum absolute atomic E-state index is 12.8. The van der Waals surface area contributed by atoms with E-state index in [4.69, 9.17) is 14.2 Å². The van der Waals surface area contributed by atoms with Crippen LogP contribution in [-0.2, 0) is 28.6 Å². The number of esters is 3. The van der Waals surface area contributed by atoms with Gasteiger partial charge < -0.3 is 14.2 Å². The summed E-state index contributed by atoms with van der Waals surface area (Å²) in [5, 5.41) is 0. The van der Waals surface area contributed by atoms with Crippen molar-refractivity contribution in [1.29, 1.82) is 0 Å². The molecule has 0 radical (unpaired) electrons. The molecule has 6 heteroatoms. The van der Waals surface area contributed by atoms with E-state index in [0.29, 0.717) is 19.3 Å². The van der Waals surface area contributed by atoms with Gasteiger partial charge >= 0.3 is 17.9 Å². The van der Waals surface area contributed by atoms with Crippen LogP contribution in [-0.4, -0.2) is 37.2 Å². The first-order valence-corrected chi connectivity index (χ1v) is 30.9. The van der Waals surface area contributed by atoms with Crippen LogP contribution in [0.3, 0.4) is 0 Å². The van der Waals surface area contributed by atoms with E-state index in [1.807, 2.05) is 0 Å². The van der Waals surface area contributed by atoms with E-state index in [0.717, 1.165) is 135 Å². The molecule has 0 saturated heterocycles. The van der Waals surface area contributed by atoms with Gasteiger partial charge in [0, 0.05) is 19.3 Å². The summed E-state index contributed by atoms with van der Waals surface area (Å²) in [5.74, 6) is -0.902. The third kappa shape index (κ3) is 59.0. The molecule has 0 aromatic carbocycles. The maximum atomic E-state index is 12.8. The molecule has 0 aliphatic carbocycles. The Balaban J connectivity index is 4.18. The molecule has 0 saturated carbocycles. The van der Waals surface area contributed by atoms with E-state index < -0.39 is 6.10 Å². The molecule has 422 valence electrons. The Bertz CT molecular complexity index is 1510. The molecule has 0 aliphatic heterocycles. The number of ether oxygens (including phenoxy) is 3. The fourth-order valence-electron chi connectivity index (χ4n) is 8.44. The Kier molecular flexibility index (Phi) is 58.3. The number of rotatable bonds is 55. The Hall–Kier alpha value is -3.93. The zero-order valence-electron chi connectivity index (χ0n) is 48.3. The first-order chi connectivity index (χ1) is 36.5. The highest BCUT2D eigenvalue weighted by Gasteiger charge is 2.19.